The fourth-order valence-corrected chi connectivity index (χ4v) is 3.83. The predicted octanol–water partition coefficient (Wildman–Crippen LogP) is 5.22. The Balaban J connectivity index is 2.11. The van der Waals surface area contributed by atoms with Crippen LogP contribution in [-0.2, 0) is 0 Å². The Morgan fingerprint density at radius 2 is 1.11 bits per heavy atom. The number of fused-ring (bicyclic) bond motifs is 4. The Kier molecular flexibility index (Phi) is 3.29. The zero-order valence-corrected chi connectivity index (χ0v) is 14.9. The van der Waals surface area contributed by atoms with Crippen LogP contribution in [0.4, 0.5) is 0 Å². The monoisotopic (exact) mass is 398 g/mol. The van der Waals surface area contributed by atoms with E-state index in [0.29, 0.717) is 0 Å². The van der Waals surface area contributed by atoms with Crippen molar-refractivity contribution < 1.29 is 13.9 Å². The summed E-state index contributed by atoms with van der Waals surface area (Å²) in [5.74, 6) is -0.520. The van der Waals surface area contributed by atoms with Crippen LogP contribution in [0.5, 0.6) is 5.75 Å². The lowest BCUT2D eigenvalue weighted by molar-refractivity contribution is 0.485. The number of hydrogen-bond donors (Lipinski definition) is 1. The molecule has 7 heteroatoms. The molecule has 2 heterocycles. The SMILES string of the molecule is O=c1c2c(Cl)cccc2oc2cc3oc4cccc(Cl)c4c(=O)c3c(O)c12. The number of aromatic hydroxyl groups is 1. The van der Waals surface area contributed by atoms with E-state index >= 15 is 0 Å². The van der Waals surface area contributed by atoms with E-state index in [1.807, 2.05) is 0 Å². The first-order chi connectivity index (χ1) is 13.0. The summed E-state index contributed by atoms with van der Waals surface area (Å²) in [5.41, 5.74) is -0.353. The quantitative estimate of drug-likeness (QED) is 0.361. The molecule has 0 aliphatic rings. The van der Waals surface area contributed by atoms with Crippen molar-refractivity contribution in [1.29, 1.82) is 0 Å². The standard InChI is InChI=1S/C20H8Cl2O5/c21-8-3-1-5-10-14(8)18(23)16-12(26-10)7-13-17(20(16)25)19(24)15-9(22)4-2-6-11(15)27-13/h1-7,25H. The van der Waals surface area contributed by atoms with Crippen LogP contribution in [0.15, 0.2) is 60.9 Å². The number of phenols is 1. The fourth-order valence-electron chi connectivity index (χ4n) is 3.33. The zero-order chi connectivity index (χ0) is 18.9. The lowest BCUT2D eigenvalue weighted by Crippen LogP contribution is -2.07. The highest BCUT2D eigenvalue weighted by Gasteiger charge is 2.21. The second-order valence-corrected chi connectivity index (χ2v) is 6.87. The Morgan fingerprint density at radius 1 is 0.667 bits per heavy atom. The van der Waals surface area contributed by atoms with Crippen LogP contribution in [-0.4, -0.2) is 5.11 Å². The molecule has 0 atom stereocenters. The summed E-state index contributed by atoms with van der Waals surface area (Å²) in [6.45, 7) is 0. The lowest BCUT2D eigenvalue weighted by Gasteiger charge is -2.08. The number of phenolic OH excluding ortho intramolecular Hbond substituents is 1. The first-order valence-electron chi connectivity index (χ1n) is 7.89. The molecule has 0 radical (unpaired) electrons. The van der Waals surface area contributed by atoms with E-state index in [-0.39, 0.29) is 53.9 Å². The molecule has 1 N–H and O–H groups in total. The van der Waals surface area contributed by atoms with Crippen molar-refractivity contribution in [3.63, 3.8) is 0 Å². The molecule has 2 aromatic heterocycles. The molecule has 0 saturated carbocycles. The third-order valence-corrected chi connectivity index (χ3v) is 5.16. The number of halogens is 2. The smallest absolute Gasteiger partial charge is 0.205 e. The molecule has 0 unspecified atom stereocenters. The first kappa shape index (κ1) is 16.2. The molecule has 0 amide bonds. The Bertz CT molecular complexity index is 1430. The molecule has 0 bridgehead atoms. The van der Waals surface area contributed by atoms with Crippen LogP contribution in [0, 0.1) is 0 Å². The summed E-state index contributed by atoms with van der Waals surface area (Å²) in [5, 5.41) is 11.1. The first-order valence-corrected chi connectivity index (χ1v) is 8.65. The highest BCUT2D eigenvalue weighted by molar-refractivity contribution is 6.36. The van der Waals surface area contributed by atoms with E-state index in [2.05, 4.69) is 0 Å². The second kappa shape index (κ2) is 5.49. The van der Waals surface area contributed by atoms with Crippen LogP contribution < -0.4 is 10.9 Å². The third-order valence-electron chi connectivity index (χ3n) is 4.53. The van der Waals surface area contributed by atoms with Crippen molar-refractivity contribution in [3.8, 4) is 5.75 Å². The number of rotatable bonds is 0. The van der Waals surface area contributed by atoms with Crippen LogP contribution in [0.1, 0.15) is 0 Å². The molecule has 0 aliphatic heterocycles. The van der Waals surface area contributed by atoms with Gasteiger partial charge in [0.25, 0.3) is 0 Å². The number of hydrogen-bond acceptors (Lipinski definition) is 5. The van der Waals surface area contributed by atoms with Crippen LogP contribution in [0.2, 0.25) is 10.0 Å². The minimum atomic E-state index is -0.532. The molecule has 5 rings (SSSR count). The van der Waals surface area contributed by atoms with Gasteiger partial charge in [-0.05, 0) is 24.3 Å². The van der Waals surface area contributed by atoms with Crippen molar-refractivity contribution in [3.05, 3.63) is 73.0 Å². The Hall–Kier alpha value is -3.02. The minimum absolute atomic E-state index is 0.0873. The fraction of sp³-hybridized carbons (Fsp3) is 0. The van der Waals surface area contributed by atoms with Gasteiger partial charge in [0.1, 0.15) is 38.9 Å². The van der Waals surface area contributed by atoms with Gasteiger partial charge in [0, 0.05) is 6.07 Å². The van der Waals surface area contributed by atoms with Gasteiger partial charge in [-0.15, -0.1) is 0 Å². The van der Waals surface area contributed by atoms with E-state index in [0.717, 1.165) is 0 Å². The highest BCUT2D eigenvalue weighted by atomic mass is 35.5. The van der Waals surface area contributed by atoms with Crippen LogP contribution in [0.3, 0.4) is 0 Å². The maximum absolute atomic E-state index is 13.0. The van der Waals surface area contributed by atoms with Crippen LogP contribution >= 0.6 is 23.2 Å². The van der Waals surface area contributed by atoms with Gasteiger partial charge >= 0.3 is 0 Å². The Morgan fingerprint density at radius 3 is 1.56 bits per heavy atom. The molecule has 5 aromatic rings. The topological polar surface area (TPSA) is 80.7 Å². The molecule has 0 aliphatic carbocycles. The van der Waals surface area contributed by atoms with Crippen LogP contribution in [0.25, 0.3) is 43.9 Å². The van der Waals surface area contributed by atoms with E-state index in [1.165, 1.54) is 6.07 Å². The van der Waals surface area contributed by atoms with Gasteiger partial charge in [-0.2, -0.15) is 0 Å². The van der Waals surface area contributed by atoms with E-state index in [9.17, 15) is 14.7 Å². The molecule has 3 aromatic carbocycles. The summed E-state index contributed by atoms with van der Waals surface area (Å²) in [4.78, 5) is 25.9. The van der Waals surface area contributed by atoms with E-state index in [1.54, 1.807) is 36.4 Å². The summed E-state index contributed by atoms with van der Waals surface area (Å²) in [7, 11) is 0. The number of benzene rings is 3. The summed E-state index contributed by atoms with van der Waals surface area (Å²) in [6, 6.07) is 11.0. The summed E-state index contributed by atoms with van der Waals surface area (Å²) in [6.07, 6.45) is 0. The van der Waals surface area contributed by atoms with E-state index in [4.69, 9.17) is 32.0 Å². The average molecular weight is 399 g/mol. The van der Waals surface area contributed by atoms with Crippen molar-refractivity contribution in [2.75, 3.05) is 0 Å². The van der Waals surface area contributed by atoms with Gasteiger partial charge in [0.2, 0.25) is 10.9 Å². The van der Waals surface area contributed by atoms with Gasteiger partial charge < -0.3 is 13.9 Å². The summed E-state index contributed by atoms with van der Waals surface area (Å²) >= 11 is 12.2. The molecular weight excluding hydrogens is 391 g/mol. The van der Waals surface area contributed by atoms with Gasteiger partial charge in [-0.1, -0.05) is 35.3 Å². The normalized spacial score (nSPS) is 11.8. The lowest BCUT2D eigenvalue weighted by atomic mass is 10.1. The second-order valence-electron chi connectivity index (χ2n) is 6.06. The Labute approximate surface area is 159 Å². The molecule has 27 heavy (non-hydrogen) atoms. The van der Waals surface area contributed by atoms with Gasteiger partial charge in [-0.3, -0.25) is 9.59 Å². The van der Waals surface area contributed by atoms with Crippen molar-refractivity contribution in [1.82, 2.24) is 0 Å². The minimum Gasteiger partial charge on any atom is -0.506 e. The summed E-state index contributed by atoms with van der Waals surface area (Å²) < 4.78 is 11.5. The van der Waals surface area contributed by atoms with Gasteiger partial charge in [-0.25, -0.2) is 0 Å². The molecule has 0 saturated heterocycles. The van der Waals surface area contributed by atoms with Gasteiger partial charge in [0.15, 0.2) is 0 Å². The molecule has 5 nitrogen and oxygen atoms in total. The molecule has 0 spiro atoms. The maximum atomic E-state index is 13.0. The molecule has 132 valence electrons. The molecular formula is C20H8Cl2O5. The van der Waals surface area contributed by atoms with Crippen molar-refractivity contribution in [2.45, 2.75) is 0 Å². The third kappa shape index (κ3) is 2.13. The predicted molar refractivity (Wildman–Crippen MR) is 105 cm³/mol. The van der Waals surface area contributed by atoms with Gasteiger partial charge in [0.05, 0.1) is 20.8 Å². The van der Waals surface area contributed by atoms with E-state index < -0.39 is 16.6 Å². The van der Waals surface area contributed by atoms with Crippen molar-refractivity contribution in [2.24, 2.45) is 0 Å². The van der Waals surface area contributed by atoms with Crippen molar-refractivity contribution >= 4 is 67.1 Å². The zero-order valence-electron chi connectivity index (χ0n) is 13.4. The average Bonchev–Trinajstić information content (AvgIpc) is 2.61. The largest absolute Gasteiger partial charge is 0.506 e. The maximum Gasteiger partial charge on any atom is 0.205 e. The molecule has 0 fully saturated rings. The highest BCUT2D eigenvalue weighted by Crippen LogP contribution is 2.35.